The molecule has 0 saturated carbocycles. The Morgan fingerprint density at radius 2 is 1.70 bits per heavy atom. The molecule has 0 saturated heterocycles. The van der Waals surface area contributed by atoms with E-state index in [4.69, 9.17) is 9.88 Å². The van der Waals surface area contributed by atoms with E-state index in [9.17, 15) is 18.0 Å². The van der Waals surface area contributed by atoms with Crippen molar-refractivity contribution in [1.29, 1.82) is 0 Å². The molecule has 0 aliphatic carbocycles. The van der Waals surface area contributed by atoms with Gasteiger partial charge in [0.25, 0.3) is 0 Å². The van der Waals surface area contributed by atoms with Gasteiger partial charge in [0, 0.05) is 6.54 Å². The van der Waals surface area contributed by atoms with Crippen LogP contribution in [0.4, 0.5) is 5.69 Å². The van der Waals surface area contributed by atoms with Crippen LogP contribution < -0.4 is 20.5 Å². The van der Waals surface area contributed by atoms with Crippen LogP contribution in [0.25, 0.3) is 0 Å². The van der Waals surface area contributed by atoms with Gasteiger partial charge in [-0.05, 0) is 43.2 Å². The average molecular weight is 391 g/mol. The Morgan fingerprint density at radius 1 is 1.04 bits per heavy atom. The van der Waals surface area contributed by atoms with Crippen LogP contribution in [0.1, 0.15) is 12.5 Å². The summed E-state index contributed by atoms with van der Waals surface area (Å²) in [4.78, 5) is 24.0. The van der Waals surface area contributed by atoms with E-state index in [-0.39, 0.29) is 11.4 Å². The molecule has 0 spiro atoms. The van der Waals surface area contributed by atoms with Crippen molar-refractivity contribution in [3.8, 4) is 5.75 Å². The third-order valence-electron chi connectivity index (χ3n) is 3.59. The molecule has 9 heteroatoms. The summed E-state index contributed by atoms with van der Waals surface area (Å²) in [5, 5.41) is 10.1. The highest BCUT2D eigenvalue weighted by Crippen LogP contribution is 2.23. The number of carbonyl (C=O) groups is 2. The molecule has 144 valence electrons. The van der Waals surface area contributed by atoms with Gasteiger partial charge in [0.05, 0.1) is 17.2 Å². The van der Waals surface area contributed by atoms with Gasteiger partial charge in [-0.15, -0.1) is 0 Å². The van der Waals surface area contributed by atoms with Crippen LogP contribution in [0.3, 0.4) is 0 Å². The predicted octanol–water partition coefficient (Wildman–Crippen LogP) is 1.03. The number of amides is 2. The minimum absolute atomic E-state index is 0.0163. The summed E-state index contributed by atoms with van der Waals surface area (Å²) in [6.07, 6.45) is 0.430. The van der Waals surface area contributed by atoms with E-state index >= 15 is 0 Å². The standard InChI is InChI=1S/C18H21N3O5S/c1-2-26-16-6-4-3-5-15(16)21-18(23)17(22)20-12-11-13-7-9-14(10-8-13)27(19,24)25/h3-10H,2,11-12H2,1H3,(H,20,22)(H,21,23)(H2,19,24,25). The Bertz CT molecular complexity index is 911. The molecule has 0 atom stereocenters. The fraction of sp³-hybridized carbons (Fsp3) is 0.222. The Morgan fingerprint density at radius 3 is 2.33 bits per heavy atom. The Hall–Kier alpha value is -2.91. The van der Waals surface area contributed by atoms with Gasteiger partial charge < -0.3 is 15.4 Å². The van der Waals surface area contributed by atoms with Crippen LogP contribution in [0.2, 0.25) is 0 Å². The van der Waals surface area contributed by atoms with E-state index in [0.29, 0.717) is 24.5 Å². The summed E-state index contributed by atoms with van der Waals surface area (Å²) in [6.45, 7) is 2.47. The molecular weight excluding hydrogens is 370 g/mol. The Balaban J connectivity index is 1.86. The number of sulfonamides is 1. The molecule has 8 nitrogen and oxygen atoms in total. The zero-order valence-electron chi connectivity index (χ0n) is 14.8. The average Bonchev–Trinajstić information content (AvgIpc) is 2.63. The van der Waals surface area contributed by atoms with Gasteiger partial charge in [-0.25, -0.2) is 13.6 Å². The van der Waals surface area contributed by atoms with Gasteiger partial charge in [0.15, 0.2) is 0 Å². The van der Waals surface area contributed by atoms with Crippen LogP contribution >= 0.6 is 0 Å². The van der Waals surface area contributed by atoms with Gasteiger partial charge in [-0.1, -0.05) is 24.3 Å². The number of carbonyl (C=O) groups excluding carboxylic acids is 2. The number of primary sulfonamides is 1. The van der Waals surface area contributed by atoms with Crippen LogP contribution in [0, 0.1) is 0 Å². The van der Waals surface area contributed by atoms with Gasteiger partial charge in [-0.2, -0.15) is 0 Å². The number of nitrogens with two attached hydrogens (primary N) is 1. The van der Waals surface area contributed by atoms with E-state index in [2.05, 4.69) is 10.6 Å². The van der Waals surface area contributed by atoms with Crippen LogP contribution in [-0.2, 0) is 26.0 Å². The van der Waals surface area contributed by atoms with Crippen molar-refractivity contribution >= 4 is 27.5 Å². The van der Waals surface area contributed by atoms with Crippen molar-refractivity contribution in [2.75, 3.05) is 18.5 Å². The summed E-state index contributed by atoms with van der Waals surface area (Å²) in [5.41, 5.74) is 1.21. The second-order valence-electron chi connectivity index (χ2n) is 5.58. The number of benzene rings is 2. The lowest BCUT2D eigenvalue weighted by atomic mass is 10.1. The summed E-state index contributed by atoms with van der Waals surface area (Å²) in [7, 11) is -3.74. The topological polar surface area (TPSA) is 128 Å². The molecule has 0 aliphatic heterocycles. The molecule has 0 aliphatic rings. The molecule has 2 amide bonds. The highest BCUT2D eigenvalue weighted by molar-refractivity contribution is 7.89. The van der Waals surface area contributed by atoms with Gasteiger partial charge in [0.2, 0.25) is 10.0 Å². The van der Waals surface area contributed by atoms with Gasteiger partial charge in [0.1, 0.15) is 5.75 Å². The van der Waals surface area contributed by atoms with Crippen molar-refractivity contribution in [3.05, 3.63) is 54.1 Å². The molecule has 0 aromatic heterocycles. The number of rotatable bonds is 7. The van der Waals surface area contributed by atoms with E-state index < -0.39 is 21.8 Å². The Kier molecular flexibility index (Phi) is 6.91. The molecule has 2 rings (SSSR count). The molecule has 0 unspecified atom stereocenters. The number of anilines is 1. The van der Waals surface area contributed by atoms with Crippen molar-refractivity contribution in [1.82, 2.24) is 5.32 Å². The molecule has 0 bridgehead atoms. The Labute approximate surface area is 157 Å². The third kappa shape index (κ3) is 6.08. The highest BCUT2D eigenvalue weighted by Gasteiger charge is 2.15. The first kappa shape index (κ1) is 20.4. The lowest BCUT2D eigenvalue weighted by Gasteiger charge is -2.11. The lowest BCUT2D eigenvalue weighted by Crippen LogP contribution is -2.36. The SMILES string of the molecule is CCOc1ccccc1NC(=O)C(=O)NCCc1ccc(S(N)(=O)=O)cc1. The second-order valence-corrected chi connectivity index (χ2v) is 7.14. The smallest absolute Gasteiger partial charge is 0.313 e. The molecule has 2 aromatic rings. The fourth-order valence-corrected chi connectivity index (χ4v) is 2.79. The molecular formula is C18H21N3O5S. The van der Waals surface area contributed by atoms with Crippen molar-refractivity contribution in [2.24, 2.45) is 5.14 Å². The molecule has 0 radical (unpaired) electrons. The summed E-state index contributed by atoms with van der Waals surface area (Å²) < 4.78 is 27.8. The second kappa shape index (κ2) is 9.15. The van der Waals surface area contributed by atoms with Crippen molar-refractivity contribution in [3.63, 3.8) is 0 Å². The van der Waals surface area contributed by atoms with E-state index in [0.717, 1.165) is 5.56 Å². The monoisotopic (exact) mass is 391 g/mol. The lowest BCUT2D eigenvalue weighted by molar-refractivity contribution is -0.136. The molecule has 0 fully saturated rings. The van der Waals surface area contributed by atoms with Gasteiger partial charge >= 0.3 is 11.8 Å². The first-order valence-corrected chi connectivity index (χ1v) is 9.78. The number of ether oxygens (including phenoxy) is 1. The quantitative estimate of drug-likeness (QED) is 0.608. The minimum Gasteiger partial charge on any atom is -0.492 e. The number of hydrogen-bond acceptors (Lipinski definition) is 5. The number of nitrogens with one attached hydrogen (secondary N) is 2. The van der Waals surface area contributed by atoms with E-state index in [1.165, 1.54) is 12.1 Å². The molecule has 0 heterocycles. The normalized spacial score (nSPS) is 10.9. The van der Waals surface area contributed by atoms with Crippen LogP contribution in [0.5, 0.6) is 5.75 Å². The first-order chi connectivity index (χ1) is 12.8. The van der Waals surface area contributed by atoms with Gasteiger partial charge in [-0.3, -0.25) is 9.59 Å². The maximum absolute atomic E-state index is 12.0. The number of para-hydroxylation sites is 2. The van der Waals surface area contributed by atoms with Crippen LogP contribution in [0.15, 0.2) is 53.4 Å². The summed E-state index contributed by atoms with van der Waals surface area (Å²) >= 11 is 0. The molecule has 27 heavy (non-hydrogen) atoms. The zero-order valence-corrected chi connectivity index (χ0v) is 15.6. The first-order valence-electron chi connectivity index (χ1n) is 8.24. The maximum atomic E-state index is 12.0. The molecule has 2 aromatic carbocycles. The van der Waals surface area contributed by atoms with E-state index in [1.54, 1.807) is 36.4 Å². The maximum Gasteiger partial charge on any atom is 0.313 e. The summed E-state index contributed by atoms with van der Waals surface area (Å²) in [6, 6.07) is 12.8. The van der Waals surface area contributed by atoms with Crippen molar-refractivity contribution < 1.29 is 22.7 Å². The third-order valence-corrected chi connectivity index (χ3v) is 4.52. The largest absolute Gasteiger partial charge is 0.492 e. The highest BCUT2D eigenvalue weighted by atomic mass is 32.2. The van der Waals surface area contributed by atoms with Crippen molar-refractivity contribution in [2.45, 2.75) is 18.2 Å². The van der Waals surface area contributed by atoms with E-state index in [1.807, 2.05) is 6.92 Å². The zero-order chi connectivity index (χ0) is 19.9. The van der Waals surface area contributed by atoms with Crippen LogP contribution in [-0.4, -0.2) is 33.4 Å². The number of hydrogen-bond donors (Lipinski definition) is 3. The predicted molar refractivity (Wildman–Crippen MR) is 101 cm³/mol. The molecule has 4 N–H and O–H groups in total. The summed E-state index contributed by atoms with van der Waals surface area (Å²) in [5.74, 6) is -1.09. The minimum atomic E-state index is -3.74. The fourth-order valence-electron chi connectivity index (χ4n) is 2.28.